The quantitative estimate of drug-likeness (QED) is 0.707. The second-order valence-electron chi connectivity index (χ2n) is 4.60. The molecule has 0 aromatic rings. The second-order valence-corrected chi connectivity index (χ2v) is 4.60. The molecular formula is C11H23N3O2. The molecule has 5 heteroatoms. The molecule has 1 aliphatic heterocycles. The molecule has 1 rings (SSSR count). The van der Waals surface area contributed by atoms with Gasteiger partial charge in [0.1, 0.15) is 0 Å². The van der Waals surface area contributed by atoms with Crippen molar-refractivity contribution in [2.24, 2.45) is 5.73 Å². The first kappa shape index (κ1) is 13.4. The van der Waals surface area contributed by atoms with E-state index in [2.05, 4.69) is 0 Å². The van der Waals surface area contributed by atoms with Crippen LogP contribution in [0.15, 0.2) is 0 Å². The molecule has 2 unspecified atom stereocenters. The second kappa shape index (κ2) is 6.18. The van der Waals surface area contributed by atoms with Gasteiger partial charge in [-0.1, -0.05) is 0 Å². The van der Waals surface area contributed by atoms with E-state index in [0.717, 1.165) is 19.4 Å². The average Bonchev–Trinajstić information content (AvgIpc) is 2.27. The number of methoxy groups -OCH3 is 1. The van der Waals surface area contributed by atoms with E-state index in [-0.39, 0.29) is 18.1 Å². The van der Waals surface area contributed by atoms with Gasteiger partial charge in [0, 0.05) is 26.2 Å². The fraction of sp³-hybridized carbons (Fsp3) is 0.909. The van der Waals surface area contributed by atoms with Crippen LogP contribution in [0.25, 0.3) is 0 Å². The Hall–Kier alpha value is -0.650. The molecule has 94 valence electrons. The van der Waals surface area contributed by atoms with Gasteiger partial charge in [-0.15, -0.1) is 0 Å². The summed E-state index contributed by atoms with van der Waals surface area (Å²) in [5.74, 6) is 0.162. The number of ether oxygens (including phenoxy) is 1. The molecule has 0 bridgehead atoms. The van der Waals surface area contributed by atoms with E-state index in [4.69, 9.17) is 10.5 Å². The molecule has 1 heterocycles. The molecule has 0 spiro atoms. The first-order valence-electron chi connectivity index (χ1n) is 5.75. The van der Waals surface area contributed by atoms with Crippen molar-refractivity contribution >= 4 is 5.91 Å². The Bertz CT molecular complexity index is 233. The number of hydrogen-bond acceptors (Lipinski definition) is 4. The van der Waals surface area contributed by atoms with Crippen LogP contribution < -0.4 is 5.73 Å². The van der Waals surface area contributed by atoms with Crippen LogP contribution in [0.1, 0.15) is 12.8 Å². The van der Waals surface area contributed by atoms with Crippen LogP contribution in [-0.4, -0.2) is 68.7 Å². The Morgan fingerprint density at radius 2 is 2.25 bits per heavy atom. The summed E-state index contributed by atoms with van der Waals surface area (Å²) in [6.07, 6.45) is 2.01. The lowest BCUT2D eigenvalue weighted by molar-refractivity contribution is -0.137. The van der Waals surface area contributed by atoms with Crippen LogP contribution in [-0.2, 0) is 9.53 Å². The van der Waals surface area contributed by atoms with Crippen LogP contribution >= 0.6 is 0 Å². The van der Waals surface area contributed by atoms with Gasteiger partial charge < -0.3 is 20.3 Å². The van der Waals surface area contributed by atoms with Gasteiger partial charge in [-0.25, -0.2) is 0 Å². The molecule has 0 aromatic carbocycles. The minimum Gasteiger partial charge on any atom is -0.381 e. The van der Waals surface area contributed by atoms with E-state index < -0.39 is 0 Å². The van der Waals surface area contributed by atoms with Crippen molar-refractivity contribution in [3.05, 3.63) is 0 Å². The van der Waals surface area contributed by atoms with E-state index in [1.165, 1.54) is 0 Å². The van der Waals surface area contributed by atoms with E-state index in [1.54, 1.807) is 7.11 Å². The average molecular weight is 229 g/mol. The fourth-order valence-corrected chi connectivity index (χ4v) is 2.14. The Kier molecular flexibility index (Phi) is 5.18. The van der Waals surface area contributed by atoms with Crippen molar-refractivity contribution in [3.8, 4) is 0 Å². The van der Waals surface area contributed by atoms with Crippen molar-refractivity contribution < 1.29 is 9.53 Å². The monoisotopic (exact) mass is 229 g/mol. The molecule has 16 heavy (non-hydrogen) atoms. The van der Waals surface area contributed by atoms with E-state index in [1.807, 2.05) is 23.9 Å². The van der Waals surface area contributed by atoms with Gasteiger partial charge in [0.05, 0.1) is 12.6 Å². The predicted octanol–water partition coefficient (Wildman–Crippen LogP) is -0.487. The van der Waals surface area contributed by atoms with E-state index in [0.29, 0.717) is 13.1 Å². The highest BCUT2D eigenvalue weighted by molar-refractivity contribution is 5.78. The number of carbonyl (C=O) groups excluding carboxylic acids is 1. The topological polar surface area (TPSA) is 58.8 Å². The third-order valence-electron chi connectivity index (χ3n) is 3.04. The first-order valence-corrected chi connectivity index (χ1v) is 5.75. The smallest absolute Gasteiger partial charge is 0.237 e. The Labute approximate surface area is 97.5 Å². The standard InChI is InChI=1S/C11H23N3O2/c1-13(2)8-11(15)14-5-4-10(16-3)6-9(14)7-12/h9-10H,4-8,12H2,1-3H3. The Balaban J connectivity index is 2.55. The zero-order valence-electron chi connectivity index (χ0n) is 10.5. The van der Waals surface area contributed by atoms with Crippen molar-refractivity contribution in [3.63, 3.8) is 0 Å². The molecule has 1 saturated heterocycles. The highest BCUT2D eigenvalue weighted by Crippen LogP contribution is 2.19. The summed E-state index contributed by atoms with van der Waals surface area (Å²) in [7, 11) is 5.52. The van der Waals surface area contributed by atoms with Crippen molar-refractivity contribution in [1.82, 2.24) is 9.80 Å². The Morgan fingerprint density at radius 1 is 1.56 bits per heavy atom. The maximum atomic E-state index is 12.0. The summed E-state index contributed by atoms with van der Waals surface area (Å²) in [5.41, 5.74) is 5.72. The van der Waals surface area contributed by atoms with Gasteiger partial charge >= 0.3 is 0 Å². The van der Waals surface area contributed by atoms with Crippen LogP contribution in [0.5, 0.6) is 0 Å². The molecule has 1 aliphatic rings. The minimum absolute atomic E-state index is 0.131. The maximum absolute atomic E-state index is 12.0. The van der Waals surface area contributed by atoms with Gasteiger partial charge in [-0.05, 0) is 26.9 Å². The molecule has 0 radical (unpaired) electrons. The van der Waals surface area contributed by atoms with Crippen molar-refractivity contribution in [2.75, 3.05) is 40.8 Å². The summed E-state index contributed by atoms with van der Waals surface area (Å²) >= 11 is 0. The zero-order valence-corrected chi connectivity index (χ0v) is 10.5. The summed E-state index contributed by atoms with van der Waals surface area (Å²) in [6.45, 7) is 1.72. The fourth-order valence-electron chi connectivity index (χ4n) is 2.14. The maximum Gasteiger partial charge on any atom is 0.237 e. The van der Waals surface area contributed by atoms with Crippen LogP contribution in [0.2, 0.25) is 0 Å². The number of likely N-dealkylation sites (N-methyl/N-ethyl adjacent to an activating group) is 1. The highest BCUT2D eigenvalue weighted by Gasteiger charge is 2.30. The number of amides is 1. The third kappa shape index (κ3) is 3.43. The molecule has 2 N–H and O–H groups in total. The summed E-state index contributed by atoms with van der Waals surface area (Å²) < 4.78 is 5.33. The lowest BCUT2D eigenvalue weighted by atomic mass is 9.99. The number of carbonyl (C=O) groups is 1. The van der Waals surface area contributed by atoms with E-state index >= 15 is 0 Å². The zero-order chi connectivity index (χ0) is 12.1. The Morgan fingerprint density at radius 3 is 2.75 bits per heavy atom. The van der Waals surface area contributed by atoms with Crippen LogP contribution in [0.3, 0.4) is 0 Å². The van der Waals surface area contributed by atoms with Crippen LogP contribution in [0, 0.1) is 0 Å². The number of piperidine rings is 1. The van der Waals surface area contributed by atoms with Crippen molar-refractivity contribution in [2.45, 2.75) is 25.0 Å². The predicted molar refractivity (Wildman–Crippen MR) is 63.1 cm³/mol. The molecule has 5 nitrogen and oxygen atoms in total. The van der Waals surface area contributed by atoms with Crippen LogP contribution in [0.4, 0.5) is 0 Å². The number of hydrogen-bond donors (Lipinski definition) is 1. The van der Waals surface area contributed by atoms with Gasteiger partial charge in [0.2, 0.25) is 5.91 Å². The van der Waals surface area contributed by atoms with Gasteiger partial charge in [-0.2, -0.15) is 0 Å². The molecular weight excluding hydrogens is 206 g/mol. The lowest BCUT2D eigenvalue weighted by Crippen LogP contribution is -2.53. The molecule has 1 fully saturated rings. The van der Waals surface area contributed by atoms with Gasteiger partial charge in [0.15, 0.2) is 0 Å². The third-order valence-corrected chi connectivity index (χ3v) is 3.04. The largest absolute Gasteiger partial charge is 0.381 e. The summed E-state index contributed by atoms with van der Waals surface area (Å²) in [6, 6.07) is 0.131. The lowest BCUT2D eigenvalue weighted by Gasteiger charge is -2.39. The van der Waals surface area contributed by atoms with Crippen molar-refractivity contribution in [1.29, 1.82) is 0 Å². The molecule has 0 aliphatic carbocycles. The molecule has 1 amide bonds. The number of rotatable bonds is 4. The van der Waals surface area contributed by atoms with Gasteiger partial charge in [-0.3, -0.25) is 4.79 Å². The molecule has 0 saturated carbocycles. The van der Waals surface area contributed by atoms with Gasteiger partial charge in [0.25, 0.3) is 0 Å². The summed E-state index contributed by atoms with van der Waals surface area (Å²) in [5, 5.41) is 0. The number of nitrogens with zero attached hydrogens (tertiary/aromatic N) is 2. The number of likely N-dealkylation sites (tertiary alicyclic amines) is 1. The highest BCUT2D eigenvalue weighted by atomic mass is 16.5. The minimum atomic E-state index is 0.131. The van der Waals surface area contributed by atoms with E-state index in [9.17, 15) is 4.79 Å². The SMILES string of the molecule is COC1CCN(C(=O)CN(C)C)C(CN)C1. The molecule has 2 atom stereocenters. The summed E-state index contributed by atoms with van der Waals surface area (Å²) in [4.78, 5) is 15.7. The number of nitrogens with two attached hydrogens (primary N) is 1. The molecule has 0 aromatic heterocycles. The normalized spacial score (nSPS) is 26.2. The first-order chi connectivity index (χ1) is 7.58.